The molecule has 1 rings (SSSR count). The molecule has 0 bridgehead atoms. The van der Waals surface area contributed by atoms with Crippen LogP contribution in [0.4, 0.5) is 0 Å². The van der Waals surface area contributed by atoms with Gasteiger partial charge in [-0.05, 0) is 6.92 Å². The Kier molecular flexibility index (Phi) is 1.50. The molecule has 0 aliphatic carbocycles. The van der Waals surface area contributed by atoms with Crippen molar-refractivity contribution in [3.63, 3.8) is 0 Å². The second kappa shape index (κ2) is 2.18. The fraction of sp³-hybridized carbons (Fsp3) is 0.400. The standard InChI is InChI=1S/C5H7NO4/c1-3-4(8)6(2-7)5(9)10-3/h7-8H,2H2,1H3. The molecule has 0 atom stereocenters. The van der Waals surface area contributed by atoms with Crippen molar-refractivity contribution < 1.29 is 14.6 Å². The third kappa shape index (κ3) is 0.801. The summed E-state index contributed by atoms with van der Waals surface area (Å²) in [6, 6.07) is 0. The van der Waals surface area contributed by atoms with Crippen molar-refractivity contribution in [2.24, 2.45) is 0 Å². The van der Waals surface area contributed by atoms with Crippen LogP contribution >= 0.6 is 0 Å². The number of hydrogen-bond donors (Lipinski definition) is 2. The summed E-state index contributed by atoms with van der Waals surface area (Å²) in [5, 5.41) is 17.4. The minimum Gasteiger partial charge on any atom is -0.492 e. The molecule has 1 aromatic heterocycles. The van der Waals surface area contributed by atoms with Crippen LogP contribution in [0.25, 0.3) is 0 Å². The molecular weight excluding hydrogens is 138 g/mol. The molecule has 1 aromatic rings. The quantitative estimate of drug-likeness (QED) is 0.553. The Morgan fingerprint density at radius 1 is 1.70 bits per heavy atom. The van der Waals surface area contributed by atoms with Crippen molar-refractivity contribution in [2.45, 2.75) is 13.7 Å². The van der Waals surface area contributed by atoms with Gasteiger partial charge in [0, 0.05) is 0 Å². The van der Waals surface area contributed by atoms with E-state index in [0.717, 1.165) is 4.57 Å². The Hall–Kier alpha value is -1.23. The number of aryl methyl sites for hydroxylation is 1. The fourth-order valence-corrected chi connectivity index (χ4v) is 0.633. The van der Waals surface area contributed by atoms with Crippen molar-refractivity contribution in [2.75, 3.05) is 0 Å². The molecule has 0 fully saturated rings. The lowest BCUT2D eigenvalue weighted by molar-refractivity contribution is 0.188. The molecule has 0 aliphatic rings. The molecule has 56 valence electrons. The summed E-state index contributed by atoms with van der Waals surface area (Å²) >= 11 is 0. The van der Waals surface area contributed by atoms with E-state index in [9.17, 15) is 4.79 Å². The predicted octanol–water partition coefficient (Wildman–Crippen LogP) is -0.595. The maximum Gasteiger partial charge on any atom is 0.424 e. The third-order valence-electron chi connectivity index (χ3n) is 1.17. The zero-order valence-corrected chi connectivity index (χ0v) is 5.37. The largest absolute Gasteiger partial charge is 0.492 e. The summed E-state index contributed by atoms with van der Waals surface area (Å²) in [4.78, 5) is 10.6. The highest BCUT2D eigenvalue weighted by Crippen LogP contribution is 2.11. The molecule has 0 saturated heterocycles. The molecule has 5 heteroatoms. The zero-order valence-electron chi connectivity index (χ0n) is 5.37. The van der Waals surface area contributed by atoms with Gasteiger partial charge in [0.2, 0.25) is 5.88 Å². The highest BCUT2D eigenvalue weighted by Gasteiger charge is 2.09. The number of aromatic nitrogens is 1. The van der Waals surface area contributed by atoms with Gasteiger partial charge in [0.1, 0.15) is 6.73 Å². The lowest BCUT2D eigenvalue weighted by atomic mass is 10.6. The van der Waals surface area contributed by atoms with Crippen molar-refractivity contribution in [1.29, 1.82) is 0 Å². The van der Waals surface area contributed by atoms with Gasteiger partial charge in [0.05, 0.1) is 0 Å². The van der Waals surface area contributed by atoms with Gasteiger partial charge in [-0.3, -0.25) is 0 Å². The van der Waals surface area contributed by atoms with Crippen molar-refractivity contribution in [3.8, 4) is 5.88 Å². The second-order valence-corrected chi connectivity index (χ2v) is 1.82. The first-order valence-electron chi connectivity index (χ1n) is 2.67. The van der Waals surface area contributed by atoms with E-state index in [4.69, 9.17) is 10.2 Å². The third-order valence-corrected chi connectivity index (χ3v) is 1.17. The van der Waals surface area contributed by atoms with Gasteiger partial charge in [0.15, 0.2) is 5.76 Å². The lowest BCUT2D eigenvalue weighted by Gasteiger charge is -1.91. The van der Waals surface area contributed by atoms with Crippen molar-refractivity contribution in [1.82, 2.24) is 4.57 Å². The van der Waals surface area contributed by atoms with Crippen LogP contribution in [0.2, 0.25) is 0 Å². The Bertz CT molecular complexity index is 284. The normalized spacial score (nSPS) is 10.2. The maximum absolute atomic E-state index is 10.6. The van der Waals surface area contributed by atoms with Crippen LogP contribution in [0, 0.1) is 6.92 Å². The van der Waals surface area contributed by atoms with Gasteiger partial charge in [-0.1, -0.05) is 0 Å². The summed E-state index contributed by atoms with van der Waals surface area (Å²) in [5.41, 5.74) is 0. The number of aliphatic hydroxyl groups is 1. The van der Waals surface area contributed by atoms with Crippen LogP contribution < -0.4 is 5.76 Å². The molecule has 0 spiro atoms. The molecule has 5 nitrogen and oxygen atoms in total. The Morgan fingerprint density at radius 2 is 2.30 bits per heavy atom. The highest BCUT2D eigenvalue weighted by atomic mass is 16.4. The average Bonchev–Trinajstić information content (AvgIpc) is 2.09. The van der Waals surface area contributed by atoms with Gasteiger partial charge < -0.3 is 14.6 Å². The van der Waals surface area contributed by atoms with Gasteiger partial charge in [-0.15, -0.1) is 0 Å². The lowest BCUT2D eigenvalue weighted by Crippen LogP contribution is -2.13. The van der Waals surface area contributed by atoms with Gasteiger partial charge in [0.25, 0.3) is 0 Å². The molecule has 0 radical (unpaired) electrons. The Morgan fingerprint density at radius 3 is 2.50 bits per heavy atom. The topological polar surface area (TPSA) is 75.6 Å². The predicted molar refractivity (Wildman–Crippen MR) is 31.6 cm³/mol. The zero-order chi connectivity index (χ0) is 7.72. The molecule has 0 aliphatic heterocycles. The first-order chi connectivity index (χ1) is 4.66. The molecule has 1 heterocycles. The van der Waals surface area contributed by atoms with Crippen molar-refractivity contribution >= 4 is 0 Å². The summed E-state index contributed by atoms with van der Waals surface area (Å²) < 4.78 is 5.15. The second-order valence-electron chi connectivity index (χ2n) is 1.82. The van der Waals surface area contributed by atoms with Gasteiger partial charge in [-0.25, -0.2) is 9.36 Å². The summed E-state index contributed by atoms with van der Waals surface area (Å²) in [7, 11) is 0. The molecule has 2 N–H and O–H groups in total. The molecule has 0 unspecified atom stereocenters. The molecular formula is C5H7NO4. The SMILES string of the molecule is Cc1oc(=O)n(CO)c1O. The van der Waals surface area contributed by atoms with Crippen molar-refractivity contribution in [3.05, 3.63) is 16.3 Å². The van der Waals surface area contributed by atoms with Crippen LogP contribution in [-0.2, 0) is 6.73 Å². The van der Waals surface area contributed by atoms with Crippen LogP contribution in [0.15, 0.2) is 9.21 Å². The first-order valence-corrected chi connectivity index (χ1v) is 2.67. The van der Waals surface area contributed by atoms with Crippen LogP contribution in [0.1, 0.15) is 5.76 Å². The molecule has 0 amide bonds. The van der Waals surface area contributed by atoms with E-state index in [1.165, 1.54) is 6.92 Å². The van der Waals surface area contributed by atoms with Gasteiger partial charge >= 0.3 is 5.76 Å². The fourth-order valence-electron chi connectivity index (χ4n) is 0.633. The maximum atomic E-state index is 10.6. The van der Waals surface area contributed by atoms with E-state index in [1.54, 1.807) is 0 Å². The van der Waals surface area contributed by atoms with E-state index in [0.29, 0.717) is 0 Å². The number of aliphatic hydroxyl groups excluding tert-OH is 1. The van der Waals surface area contributed by atoms with Crippen LogP contribution in [-0.4, -0.2) is 14.8 Å². The van der Waals surface area contributed by atoms with Crippen LogP contribution in [0.3, 0.4) is 0 Å². The highest BCUT2D eigenvalue weighted by molar-refractivity contribution is 5.11. The van der Waals surface area contributed by atoms with E-state index in [1.807, 2.05) is 0 Å². The number of aromatic hydroxyl groups is 1. The van der Waals surface area contributed by atoms with E-state index in [-0.39, 0.29) is 11.6 Å². The molecule has 0 saturated carbocycles. The monoisotopic (exact) mass is 145 g/mol. The minimum absolute atomic E-state index is 0.110. The summed E-state index contributed by atoms with van der Waals surface area (Å²) in [6.45, 7) is 0.866. The Labute approximate surface area is 56.1 Å². The summed E-state index contributed by atoms with van der Waals surface area (Å²) in [5.74, 6) is -0.968. The number of oxazole rings is 1. The molecule has 10 heavy (non-hydrogen) atoms. The molecule has 0 aromatic carbocycles. The smallest absolute Gasteiger partial charge is 0.424 e. The average molecular weight is 145 g/mol. The van der Waals surface area contributed by atoms with E-state index >= 15 is 0 Å². The first kappa shape index (κ1) is 6.88. The van der Waals surface area contributed by atoms with E-state index < -0.39 is 12.5 Å². The number of rotatable bonds is 1. The Balaban J connectivity index is 3.34. The van der Waals surface area contributed by atoms with Gasteiger partial charge in [-0.2, -0.15) is 0 Å². The van der Waals surface area contributed by atoms with E-state index in [2.05, 4.69) is 4.42 Å². The minimum atomic E-state index is -0.752. The number of nitrogens with zero attached hydrogens (tertiary/aromatic N) is 1. The number of hydrogen-bond acceptors (Lipinski definition) is 4. The summed E-state index contributed by atoms with van der Waals surface area (Å²) in [6.07, 6.45) is 0. The van der Waals surface area contributed by atoms with Crippen LogP contribution in [0.5, 0.6) is 5.88 Å².